The number of rotatable bonds is 13. The van der Waals surface area contributed by atoms with Gasteiger partial charge in [-0.2, -0.15) is 0 Å². The Hall–Kier alpha value is -4.35. The molecule has 0 fully saturated rings. The number of aliphatic hydroxyl groups is 4. The Morgan fingerprint density at radius 2 is 1.73 bits per heavy atom. The summed E-state index contributed by atoms with van der Waals surface area (Å²) in [6.45, 7) is -0.0676. The van der Waals surface area contributed by atoms with E-state index in [9.17, 15) is 28.5 Å². The number of ether oxygens (including phenoxy) is 2. The number of fused-ring (bicyclic) bond motifs is 1. The third-order valence-electron chi connectivity index (χ3n) is 7.24. The van der Waals surface area contributed by atoms with Crippen molar-refractivity contribution in [2.75, 3.05) is 31.3 Å². The summed E-state index contributed by atoms with van der Waals surface area (Å²) in [7, 11) is -2.77. The first-order valence-electron chi connectivity index (χ1n) is 13.7. The summed E-state index contributed by atoms with van der Waals surface area (Å²) in [6.07, 6.45) is -3.34. The molecule has 14 nitrogen and oxygen atoms in total. The van der Waals surface area contributed by atoms with Crippen LogP contribution in [-0.2, 0) is 14.6 Å². The number of benzene rings is 3. The maximum absolute atomic E-state index is 14.0. The van der Waals surface area contributed by atoms with Crippen molar-refractivity contribution in [1.29, 1.82) is 0 Å². The van der Waals surface area contributed by atoms with Gasteiger partial charge in [-0.15, -0.1) is 0 Å². The second-order valence-electron chi connectivity index (χ2n) is 10.1. The molecule has 1 amide bonds. The van der Waals surface area contributed by atoms with E-state index in [1.54, 1.807) is 24.3 Å². The normalized spacial score (nSPS) is 14.4. The molecule has 0 aliphatic carbocycles. The molecule has 15 heteroatoms. The summed E-state index contributed by atoms with van der Waals surface area (Å²) < 4.78 is 37.9. The van der Waals surface area contributed by atoms with E-state index in [1.165, 1.54) is 62.7 Å². The lowest BCUT2D eigenvalue weighted by Gasteiger charge is -2.29. The number of hydrogen-bond donors (Lipinski definition) is 7. The number of anilines is 3. The Labute approximate surface area is 259 Å². The maximum atomic E-state index is 14.0. The molecule has 0 aliphatic rings. The molecule has 4 aromatic rings. The number of aliphatic hydroxyl groups excluding tert-OH is 4. The van der Waals surface area contributed by atoms with Crippen molar-refractivity contribution in [2.45, 2.75) is 41.1 Å². The van der Waals surface area contributed by atoms with E-state index in [-0.39, 0.29) is 32.1 Å². The summed E-state index contributed by atoms with van der Waals surface area (Å²) >= 11 is 0. The second kappa shape index (κ2) is 14.2. The number of nitrogens with one attached hydrogen (secondary N) is 1. The van der Waals surface area contributed by atoms with Gasteiger partial charge in [0.25, 0.3) is 5.91 Å². The Morgan fingerprint density at radius 3 is 2.36 bits per heavy atom. The van der Waals surface area contributed by atoms with Crippen molar-refractivity contribution >= 4 is 43.7 Å². The zero-order chi connectivity index (χ0) is 32.9. The fraction of sp³-hybridized carbons (Fsp3) is 0.267. The molecule has 0 saturated heterocycles. The Bertz CT molecular complexity index is 1760. The first-order chi connectivity index (χ1) is 21.4. The molecule has 0 bridgehead atoms. The molecule has 4 unspecified atom stereocenters. The van der Waals surface area contributed by atoms with Crippen LogP contribution in [0.15, 0.2) is 82.7 Å². The molecule has 240 valence electrons. The first-order valence-corrected chi connectivity index (χ1v) is 15.1. The van der Waals surface area contributed by atoms with Gasteiger partial charge in [-0.25, -0.2) is 14.3 Å². The van der Waals surface area contributed by atoms with Crippen LogP contribution < -0.4 is 26.6 Å². The smallest absolute Gasteiger partial charge is 0.251 e. The number of nitrogens with two attached hydrogens (primary N) is 2. The quantitative estimate of drug-likeness (QED) is 0.0465. The summed E-state index contributed by atoms with van der Waals surface area (Å²) in [5.41, 5.74) is 7.12. The standard InChI is InChI=1S/C30H35N5O9S/c1-17(28(38)29(39)25(15-36)44-16-37)34-30(40)18-7-12-23-21(13-18)27(35(32)24-6-4-3-5-22(24)31)26(14-33-23)45(41,42)20-10-8-19(43-2)9-11-20/h3-14,17,25,28-29,36-39H,15-16,31-32H2,1-2H3,(H,34,40). The first kappa shape index (κ1) is 33.5. The van der Waals surface area contributed by atoms with Crippen molar-refractivity contribution in [3.8, 4) is 5.75 Å². The van der Waals surface area contributed by atoms with Crippen molar-refractivity contribution < 1.29 is 43.1 Å². The largest absolute Gasteiger partial charge is 0.497 e. The van der Waals surface area contributed by atoms with E-state index >= 15 is 0 Å². The molecule has 0 saturated carbocycles. The molecule has 9 N–H and O–H groups in total. The zero-order valence-electron chi connectivity index (χ0n) is 24.4. The number of para-hydroxylation sites is 2. The molecule has 4 rings (SSSR count). The molecule has 45 heavy (non-hydrogen) atoms. The lowest BCUT2D eigenvalue weighted by atomic mass is 10.0. The number of nitrogens with zero attached hydrogens (tertiary/aromatic N) is 2. The molecule has 3 aromatic carbocycles. The van der Waals surface area contributed by atoms with Gasteiger partial charge >= 0.3 is 0 Å². The summed E-state index contributed by atoms with van der Waals surface area (Å²) in [5.74, 6) is 6.35. The van der Waals surface area contributed by atoms with Crippen LogP contribution in [0.4, 0.5) is 17.1 Å². The average Bonchev–Trinajstić information content (AvgIpc) is 3.05. The van der Waals surface area contributed by atoms with Gasteiger partial charge in [0.05, 0.1) is 47.2 Å². The van der Waals surface area contributed by atoms with Gasteiger partial charge in [0.1, 0.15) is 35.7 Å². The SMILES string of the molecule is COc1ccc(S(=O)(=O)c2cnc3ccc(C(=O)NC(C)C(O)C(O)C(CO)OCO)cc3c2N(N)c2ccccc2N)cc1. The number of hydrazine groups is 1. The predicted molar refractivity (Wildman–Crippen MR) is 165 cm³/mol. The minimum atomic E-state index is -4.23. The van der Waals surface area contributed by atoms with Crippen LogP contribution in [0.25, 0.3) is 10.9 Å². The summed E-state index contributed by atoms with van der Waals surface area (Å²) in [4.78, 5) is 17.4. The van der Waals surface area contributed by atoms with Crippen molar-refractivity contribution in [3.05, 3.63) is 78.5 Å². The number of amides is 1. The highest BCUT2D eigenvalue weighted by Gasteiger charge is 2.32. The number of pyridine rings is 1. The fourth-order valence-electron chi connectivity index (χ4n) is 4.70. The van der Waals surface area contributed by atoms with Gasteiger partial charge in [0.2, 0.25) is 9.84 Å². The Morgan fingerprint density at radius 1 is 1.04 bits per heavy atom. The summed E-state index contributed by atoms with van der Waals surface area (Å²) in [6, 6.07) is 15.7. The molecule has 1 aromatic heterocycles. The number of nitrogen functional groups attached to an aromatic ring is 1. The van der Waals surface area contributed by atoms with E-state index in [0.29, 0.717) is 17.0 Å². The Balaban J connectivity index is 1.81. The van der Waals surface area contributed by atoms with Gasteiger partial charge in [-0.05, 0) is 61.5 Å². The van der Waals surface area contributed by atoms with E-state index in [2.05, 4.69) is 10.3 Å². The van der Waals surface area contributed by atoms with E-state index in [1.807, 2.05) is 0 Å². The number of aromatic nitrogens is 1. The van der Waals surface area contributed by atoms with Gasteiger partial charge in [0, 0.05) is 17.1 Å². The number of hydrogen-bond acceptors (Lipinski definition) is 13. The molecule has 4 atom stereocenters. The Kier molecular flexibility index (Phi) is 10.6. The van der Waals surface area contributed by atoms with Crippen molar-refractivity contribution in [2.24, 2.45) is 5.84 Å². The molecular weight excluding hydrogens is 606 g/mol. The van der Waals surface area contributed by atoms with Crippen LogP contribution in [0.3, 0.4) is 0 Å². The lowest BCUT2D eigenvalue weighted by Crippen LogP contribution is -2.52. The minimum Gasteiger partial charge on any atom is -0.497 e. The van der Waals surface area contributed by atoms with E-state index in [0.717, 1.165) is 5.01 Å². The number of carbonyl (C=O) groups is 1. The van der Waals surface area contributed by atoms with Gasteiger partial charge < -0.3 is 41.0 Å². The number of sulfone groups is 1. The van der Waals surface area contributed by atoms with E-state index < -0.39 is 53.5 Å². The van der Waals surface area contributed by atoms with Crippen molar-refractivity contribution in [1.82, 2.24) is 10.3 Å². The fourth-order valence-corrected chi connectivity index (χ4v) is 6.10. The molecule has 0 radical (unpaired) electrons. The highest BCUT2D eigenvalue weighted by atomic mass is 32.2. The summed E-state index contributed by atoms with van der Waals surface area (Å²) in [5, 5.41) is 43.2. The van der Waals surface area contributed by atoms with E-state index in [4.69, 9.17) is 26.2 Å². The third-order valence-corrected chi connectivity index (χ3v) is 9.01. The number of carbonyl (C=O) groups excluding carboxylic acids is 1. The van der Waals surface area contributed by atoms with Crippen LogP contribution in [0.2, 0.25) is 0 Å². The van der Waals surface area contributed by atoms with Crippen LogP contribution in [0, 0.1) is 0 Å². The topological polar surface area (TPSA) is 231 Å². The highest BCUT2D eigenvalue weighted by molar-refractivity contribution is 7.91. The van der Waals surface area contributed by atoms with Crippen LogP contribution >= 0.6 is 0 Å². The molecule has 0 spiro atoms. The second-order valence-corrected chi connectivity index (χ2v) is 12.0. The van der Waals surface area contributed by atoms with Gasteiger partial charge in [0.15, 0.2) is 0 Å². The van der Waals surface area contributed by atoms with Crippen LogP contribution in [-0.4, -0.2) is 84.6 Å². The number of methoxy groups -OCH3 is 1. The van der Waals surface area contributed by atoms with Crippen LogP contribution in [0.1, 0.15) is 17.3 Å². The molecular formula is C30H35N5O9S. The minimum absolute atomic E-state index is 0.00110. The zero-order valence-corrected chi connectivity index (χ0v) is 25.3. The van der Waals surface area contributed by atoms with Gasteiger partial charge in [-0.3, -0.25) is 14.8 Å². The maximum Gasteiger partial charge on any atom is 0.251 e. The lowest BCUT2D eigenvalue weighted by molar-refractivity contribution is -0.145. The monoisotopic (exact) mass is 641 g/mol. The highest BCUT2D eigenvalue weighted by Crippen LogP contribution is 2.39. The average molecular weight is 642 g/mol. The van der Waals surface area contributed by atoms with Crippen molar-refractivity contribution in [3.63, 3.8) is 0 Å². The molecule has 0 aliphatic heterocycles. The predicted octanol–water partition coefficient (Wildman–Crippen LogP) is 0.838. The van der Waals surface area contributed by atoms with Crippen LogP contribution in [0.5, 0.6) is 5.75 Å². The molecule has 1 heterocycles. The third kappa shape index (κ3) is 6.99. The van der Waals surface area contributed by atoms with Gasteiger partial charge in [-0.1, -0.05) is 12.1 Å².